The highest BCUT2D eigenvalue weighted by atomic mass is 35.5. The molecule has 0 aliphatic rings. The molecule has 0 atom stereocenters. The van der Waals surface area contributed by atoms with Gasteiger partial charge in [0.15, 0.2) is 0 Å². The van der Waals surface area contributed by atoms with E-state index in [-0.39, 0.29) is 17.9 Å². The highest BCUT2D eigenvalue weighted by molar-refractivity contribution is 6.29. The molecule has 0 saturated carbocycles. The number of anilines is 1. The van der Waals surface area contributed by atoms with Crippen LogP contribution < -0.4 is 10.5 Å². The van der Waals surface area contributed by atoms with Crippen molar-refractivity contribution in [3.8, 4) is 5.75 Å². The first-order chi connectivity index (χ1) is 7.00. The van der Waals surface area contributed by atoms with Crippen LogP contribution in [0.5, 0.6) is 5.75 Å². The molecule has 0 aliphatic heterocycles. The Kier molecular flexibility index (Phi) is 3.57. The summed E-state index contributed by atoms with van der Waals surface area (Å²) in [6.45, 7) is 3.59. The molecule has 0 bridgehead atoms. The van der Waals surface area contributed by atoms with Crippen molar-refractivity contribution >= 4 is 23.3 Å². The van der Waals surface area contributed by atoms with Crippen LogP contribution in [0.15, 0.2) is 29.8 Å². The van der Waals surface area contributed by atoms with Gasteiger partial charge < -0.3 is 15.6 Å². The average Bonchev–Trinajstić information content (AvgIpc) is 2.15. The first-order valence-corrected chi connectivity index (χ1v) is 4.47. The summed E-state index contributed by atoms with van der Waals surface area (Å²) in [5, 5.41) is 9.03. The predicted molar refractivity (Wildman–Crippen MR) is 58.3 cm³/mol. The van der Waals surface area contributed by atoms with Crippen LogP contribution in [0.3, 0.4) is 0 Å². The molecule has 15 heavy (non-hydrogen) atoms. The van der Waals surface area contributed by atoms with Gasteiger partial charge in [0.1, 0.15) is 12.4 Å². The van der Waals surface area contributed by atoms with E-state index in [1.807, 2.05) is 0 Å². The molecule has 0 amide bonds. The fourth-order valence-corrected chi connectivity index (χ4v) is 1.02. The number of carboxylic acid groups (broad SMARTS) is 1. The standard InChI is InChI=1S/C10H10ClNO3/c1-6(11)5-15-9-3-2-7(10(13)14)4-8(9)12/h2-4H,1,5,12H2,(H,13,14). The van der Waals surface area contributed by atoms with Gasteiger partial charge in [-0.2, -0.15) is 0 Å². The Labute approximate surface area is 91.9 Å². The molecule has 0 aromatic heterocycles. The van der Waals surface area contributed by atoms with Crippen molar-refractivity contribution in [1.29, 1.82) is 0 Å². The Morgan fingerprint density at radius 2 is 2.27 bits per heavy atom. The van der Waals surface area contributed by atoms with Crippen LogP contribution in [-0.2, 0) is 0 Å². The molecule has 3 N–H and O–H groups in total. The van der Waals surface area contributed by atoms with Gasteiger partial charge in [-0.3, -0.25) is 0 Å². The van der Waals surface area contributed by atoms with Gasteiger partial charge in [-0.15, -0.1) is 0 Å². The summed E-state index contributed by atoms with van der Waals surface area (Å²) in [5.74, 6) is -0.642. The minimum Gasteiger partial charge on any atom is -0.486 e. The molecule has 5 heteroatoms. The van der Waals surface area contributed by atoms with Crippen molar-refractivity contribution in [3.63, 3.8) is 0 Å². The lowest BCUT2D eigenvalue weighted by atomic mass is 10.2. The number of hydrogen-bond donors (Lipinski definition) is 2. The van der Waals surface area contributed by atoms with Crippen LogP contribution in [-0.4, -0.2) is 17.7 Å². The monoisotopic (exact) mass is 227 g/mol. The molecule has 0 unspecified atom stereocenters. The zero-order valence-electron chi connectivity index (χ0n) is 7.87. The van der Waals surface area contributed by atoms with E-state index in [0.717, 1.165) is 0 Å². The van der Waals surface area contributed by atoms with E-state index in [1.165, 1.54) is 18.2 Å². The summed E-state index contributed by atoms with van der Waals surface area (Å²) < 4.78 is 5.18. The number of halogens is 1. The quantitative estimate of drug-likeness (QED) is 0.773. The van der Waals surface area contributed by atoms with E-state index in [2.05, 4.69) is 6.58 Å². The predicted octanol–water partition coefficient (Wildman–Crippen LogP) is 2.10. The molecule has 0 spiro atoms. The van der Waals surface area contributed by atoms with Crippen LogP contribution in [0.25, 0.3) is 0 Å². The first-order valence-electron chi connectivity index (χ1n) is 4.09. The largest absolute Gasteiger partial charge is 0.486 e. The zero-order valence-corrected chi connectivity index (χ0v) is 8.62. The maximum atomic E-state index is 10.6. The first kappa shape index (κ1) is 11.4. The minimum atomic E-state index is -1.03. The van der Waals surface area contributed by atoms with Gasteiger partial charge in [-0.25, -0.2) is 4.79 Å². The molecular weight excluding hydrogens is 218 g/mol. The van der Waals surface area contributed by atoms with Crippen LogP contribution in [0.2, 0.25) is 0 Å². The number of nitrogen functional groups attached to an aromatic ring is 1. The minimum absolute atomic E-state index is 0.115. The third-order valence-electron chi connectivity index (χ3n) is 1.64. The van der Waals surface area contributed by atoms with Crippen molar-refractivity contribution < 1.29 is 14.6 Å². The van der Waals surface area contributed by atoms with E-state index in [1.54, 1.807) is 0 Å². The fraction of sp³-hybridized carbons (Fsp3) is 0.100. The summed E-state index contributed by atoms with van der Waals surface area (Å²) in [4.78, 5) is 10.6. The fourth-order valence-electron chi connectivity index (χ4n) is 0.969. The third-order valence-corrected chi connectivity index (χ3v) is 1.75. The molecule has 0 heterocycles. The van der Waals surface area contributed by atoms with Crippen LogP contribution in [0, 0.1) is 0 Å². The van der Waals surface area contributed by atoms with E-state index in [9.17, 15) is 4.79 Å². The van der Waals surface area contributed by atoms with E-state index < -0.39 is 5.97 Å². The van der Waals surface area contributed by atoms with Crippen molar-refractivity contribution in [2.75, 3.05) is 12.3 Å². The summed E-state index contributed by atoms with van der Waals surface area (Å²) >= 11 is 5.51. The summed E-state index contributed by atoms with van der Waals surface area (Å²) in [7, 11) is 0. The molecule has 0 fully saturated rings. The number of carboxylic acids is 1. The van der Waals surface area contributed by atoms with Crippen LogP contribution in [0.4, 0.5) is 5.69 Å². The zero-order chi connectivity index (χ0) is 11.4. The Bertz CT molecular complexity index is 404. The molecular formula is C10H10ClNO3. The second-order valence-electron chi connectivity index (χ2n) is 2.86. The summed E-state index contributed by atoms with van der Waals surface area (Å²) in [6, 6.07) is 4.22. The van der Waals surface area contributed by atoms with E-state index >= 15 is 0 Å². The maximum Gasteiger partial charge on any atom is 0.335 e. The molecule has 1 rings (SSSR count). The van der Waals surface area contributed by atoms with Crippen molar-refractivity contribution in [2.45, 2.75) is 0 Å². The number of nitrogens with two attached hydrogens (primary N) is 1. The number of benzene rings is 1. The lowest BCUT2D eigenvalue weighted by molar-refractivity contribution is 0.0697. The lowest BCUT2D eigenvalue weighted by Crippen LogP contribution is -2.02. The van der Waals surface area contributed by atoms with Crippen LogP contribution >= 0.6 is 11.6 Å². The van der Waals surface area contributed by atoms with Crippen molar-refractivity contribution in [1.82, 2.24) is 0 Å². The van der Waals surface area contributed by atoms with Crippen LogP contribution in [0.1, 0.15) is 10.4 Å². The summed E-state index contributed by atoms with van der Waals surface area (Å²) in [5.41, 5.74) is 5.96. The van der Waals surface area contributed by atoms with Gasteiger partial charge in [0.25, 0.3) is 0 Å². The highest BCUT2D eigenvalue weighted by Gasteiger charge is 2.06. The molecule has 0 aliphatic carbocycles. The molecule has 0 saturated heterocycles. The third kappa shape index (κ3) is 3.18. The number of carbonyl (C=O) groups is 1. The SMILES string of the molecule is C=C(Cl)COc1ccc(C(=O)O)cc1N. The van der Waals surface area contributed by atoms with Crippen molar-refractivity contribution in [2.24, 2.45) is 0 Å². The van der Waals surface area contributed by atoms with Gasteiger partial charge in [-0.05, 0) is 18.2 Å². The second-order valence-corrected chi connectivity index (χ2v) is 3.40. The smallest absolute Gasteiger partial charge is 0.335 e. The molecule has 80 valence electrons. The number of hydrogen-bond acceptors (Lipinski definition) is 3. The normalized spacial score (nSPS) is 9.67. The molecule has 1 aromatic rings. The van der Waals surface area contributed by atoms with Gasteiger partial charge in [-0.1, -0.05) is 18.2 Å². The molecule has 1 aromatic carbocycles. The van der Waals surface area contributed by atoms with Crippen molar-refractivity contribution in [3.05, 3.63) is 35.4 Å². The molecule has 0 radical (unpaired) electrons. The highest BCUT2D eigenvalue weighted by Crippen LogP contribution is 2.23. The number of ether oxygens (including phenoxy) is 1. The van der Waals surface area contributed by atoms with Gasteiger partial charge in [0, 0.05) is 5.03 Å². The topological polar surface area (TPSA) is 72.5 Å². The Morgan fingerprint density at radius 3 is 2.73 bits per heavy atom. The van der Waals surface area contributed by atoms with Gasteiger partial charge >= 0.3 is 5.97 Å². The number of aromatic carboxylic acids is 1. The van der Waals surface area contributed by atoms with Gasteiger partial charge in [0.05, 0.1) is 11.3 Å². The second kappa shape index (κ2) is 4.70. The van der Waals surface area contributed by atoms with Gasteiger partial charge in [0.2, 0.25) is 0 Å². The average molecular weight is 228 g/mol. The summed E-state index contributed by atoms with van der Waals surface area (Å²) in [6.07, 6.45) is 0. The Balaban J connectivity index is 2.83. The Hall–Kier alpha value is -1.68. The lowest BCUT2D eigenvalue weighted by Gasteiger charge is -2.08. The molecule has 4 nitrogen and oxygen atoms in total. The van der Waals surface area contributed by atoms with E-state index in [0.29, 0.717) is 10.8 Å². The number of rotatable bonds is 4. The maximum absolute atomic E-state index is 10.6. The Morgan fingerprint density at radius 1 is 1.60 bits per heavy atom. The van der Waals surface area contributed by atoms with E-state index in [4.69, 9.17) is 27.2 Å².